The Morgan fingerprint density at radius 1 is 0.929 bits per heavy atom. The first-order valence-electron chi connectivity index (χ1n) is 9.57. The number of rotatable bonds is 7. The predicted molar refractivity (Wildman–Crippen MR) is 108 cm³/mol. The fraction of sp³-hybridized carbons (Fsp3) is 0.250. The lowest BCUT2D eigenvalue weighted by atomic mass is 10.0. The second-order valence-corrected chi connectivity index (χ2v) is 6.89. The summed E-state index contributed by atoms with van der Waals surface area (Å²) in [6, 6.07) is 25.2. The van der Waals surface area contributed by atoms with Crippen LogP contribution in [0.2, 0.25) is 0 Å². The summed E-state index contributed by atoms with van der Waals surface area (Å²) in [7, 11) is 0. The van der Waals surface area contributed by atoms with E-state index in [4.69, 9.17) is 14.2 Å². The summed E-state index contributed by atoms with van der Waals surface area (Å²) in [5.41, 5.74) is 2.63. The topological polar surface area (TPSA) is 47.9 Å². The predicted octanol–water partition coefficient (Wildman–Crippen LogP) is 4.52. The van der Waals surface area contributed by atoms with Crippen LogP contribution in [0.3, 0.4) is 0 Å². The van der Waals surface area contributed by atoms with Crippen molar-refractivity contribution < 1.29 is 19.3 Å². The summed E-state index contributed by atoms with van der Waals surface area (Å²) in [6.45, 7) is 1.85. The minimum Gasteiger partial charge on any atom is -0.489 e. The zero-order valence-corrected chi connectivity index (χ0v) is 15.7. The molecule has 0 saturated carbocycles. The van der Waals surface area contributed by atoms with Crippen LogP contribution in [0.25, 0.3) is 0 Å². The molecule has 144 valence electrons. The minimum atomic E-state index is -0.768. The normalized spacial score (nSPS) is 17.2. The van der Waals surface area contributed by atoms with Crippen molar-refractivity contribution in [2.24, 2.45) is 0 Å². The lowest BCUT2D eigenvalue weighted by Gasteiger charge is -2.17. The second-order valence-electron chi connectivity index (χ2n) is 6.89. The minimum absolute atomic E-state index is 0.114. The van der Waals surface area contributed by atoms with Gasteiger partial charge in [-0.15, -0.1) is 0 Å². The van der Waals surface area contributed by atoms with Gasteiger partial charge in [-0.1, -0.05) is 60.7 Å². The van der Waals surface area contributed by atoms with Gasteiger partial charge in [0.25, 0.3) is 0 Å². The smallest absolute Gasteiger partial charge is 0.125 e. The molecule has 4 heteroatoms. The van der Waals surface area contributed by atoms with Crippen LogP contribution in [-0.2, 0) is 11.3 Å². The van der Waals surface area contributed by atoms with Crippen LogP contribution in [0.4, 0.5) is 0 Å². The maximum Gasteiger partial charge on any atom is 0.125 e. The van der Waals surface area contributed by atoms with Gasteiger partial charge in [0.05, 0.1) is 13.2 Å². The van der Waals surface area contributed by atoms with Crippen LogP contribution in [0, 0.1) is 0 Å². The van der Waals surface area contributed by atoms with Gasteiger partial charge in [0.2, 0.25) is 0 Å². The first kappa shape index (κ1) is 18.5. The average molecular weight is 376 g/mol. The third-order valence-electron chi connectivity index (χ3n) is 4.84. The quantitative estimate of drug-likeness (QED) is 0.659. The highest BCUT2D eigenvalue weighted by Crippen LogP contribution is 2.31. The van der Waals surface area contributed by atoms with Crippen molar-refractivity contribution in [2.75, 3.05) is 13.2 Å². The standard InChI is InChI=1S/C24H24O4/c25-24(19-10-12-20(13-11-19)28-21-14-15-26-17-21)22-8-4-5-9-23(22)27-16-18-6-2-1-3-7-18/h1-13,21,24-25H,14-17H2/t21-,24?/m1/s1. The fourth-order valence-electron chi connectivity index (χ4n) is 3.28. The molecule has 1 saturated heterocycles. The van der Waals surface area contributed by atoms with Crippen molar-refractivity contribution in [2.45, 2.75) is 25.2 Å². The van der Waals surface area contributed by atoms with E-state index < -0.39 is 6.10 Å². The van der Waals surface area contributed by atoms with Gasteiger partial charge >= 0.3 is 0 Å². The Labute approximate surface area is 165 Å². The van der Waals surface area contributed by atoms with Gasteiger partial charge in [-0.05, 0) is 29.3 Å². The van der Waals surface area contributed by atoms with Crippen LogP contribution in [-0.4, -0.2) is 24.4 Å². The summed E-state index contributed by atoms with van der Waals surface area (Å²) >= 11 is 0. The Balaban J connectivity index is 1.46. The van der Waals surface area contributed by atoms with E-state index in [0.29, 0.717) is 19.0 Å². The molecule has 0 radical (unpaired) electrons. The van der Waals surface area contributed by atoms with E-state index in [-0.39, 0.29) is 6.10 Å². The molecular formula is C24H24O4. The van der Waals surface area contributed by atoms with Gasteiger partial charge in [0.15, 0.2) is 0 Å². The van der Waals surface area contributed by atoms with Gasteiger partial charge < -0.3 is 19.3 Å². The molecule has 0 bridgehead atoms. The van der Waals surface area contributed by atoms with E-state index in [9.17, 15) is 5.11 Å². The molecule has 3 aromatic rings. The van der Waals surface area contributed by atoms with Gasteiger partial charge in [-0.2, -0.15) is 0 Å². The largest absolute Gasteiger partial charge is 0.489 e. The van der Waals surface area contributed by atoms with Crippen molar-refractivity contribution in [3.8, 4) is 11.5 Å². The third kappa shape index (κ3) is 4.53. The van der Waals surface area contributed by atoms with Gasteiger partial charge in [-0.25, -0.2) is 0 Å². The molecule has 2 atom stereocenters. The molecule has 28 heavy (non-hydrogen) atoms. The second kappa shape index (κ2) is 8.91. The first-order chi connectivity index (χ1) is 13.8. The van der Waals surface area contributed by atoms with Crippen LogP contribution in [0.15, 0.2) is 78.9 Å². The summed E-state index contributed by atoms with van der Waals surface area (Å²) in [4.78, 5) is 0. The molecule has 0 amide bonds. The van der Waals surface area contributed by atoms with E-state index in [0.717, 1.165) is 35.5 Å². The van der Waals surface area contributed by atoms with Crippen LogP contribution in [0.5, 0.6) is 11.5 Å². The molecule has 0 spiro atoms. The highest BCUT2D eigenvalue weighted by Gasteiger charge is 2.18. The van der Waals surface area contributed by atoms with Crippen molar-refractivity contribution >= 4 is 0 Å². The molecule has 1 aliphatic rings. The Bertz CT molecular complexity index is 871. The molecule has 4 rings (SSSR count). The van der Waals surface area contributed by atoms with Gasteiger partial charge in [0.1, 0.15) is 30.3 Å². The highest BCUT2D eigenvalue weighted by molar-refractivity contribution is 5.41. The lowest BCUT2D eigenvalue weighted by molar-refractivity contribution is 0.141. The highest BCUT2D eigenvalue weighted by atomic mass is 16.5. The summed E-state index contributed by atoms with van der Waals surface area (Å²) < 4.78 is 17.2. The Morgan fingerprint density at radius 3 is 2.43 bits per heavy atom. The number of para-hydroxylation sites is 1. The molecular weight excluding hydrogens is 352 g/mol. The SMILES string of the molecule is OC(c1ccc(O[C@@H]2CCOC2)cc1)c1ccccc1OCc1ccccc1. The number of aliphatic hydroxyl groups excluding tert-OH is 1. The molecule has 4 nitrogen and oxygen atoms in total. The summed E-state index contributed by atoms with van der Waals surface area (Å²) in [5, 5.41) is 10.9. The number of hydrogen-bond donors (Lipinski definition) is 1. The number of aliphatic hydroxyl groups is 1. The Hall–Kier alpha value is -2.82. The Morgan fingerprint density at radius 2 is 1.68 bits per heavy atom. The molecule has 1 N–H and O–H groups in total. The molecule has 1 fully saturated rings. The maximum absolute atomic E-state index is 10.9. The molecule has 0 aromatic heterocycles. The van der Waals surface area contributed by atoms with E-state index in [1.807, 2.05) is 78.9 Å². The van der Waals surface area contributed by atoms with Crippen molar-refractivity contribution in [1.29, 1.82) is 0 Å². The average Bonchev–Trinajstić information content (AvgIpc) is 3.26. The summed E-state index contributed by atoms with van der Waals surface area (Å²) in [6.07, 6.45) is 0.259. The number of hydrogen-bond acceptors (Lipinski definition) is 4. The van der Waals surface area contributed by atoms with E-state index in [1.54, 1.807) is 0 Å². The van der Waals surface area contributed by atoms with Crippen molar-refractivity contribution in [3.05, 3.63) is 95.6 Å². The van der Waals surface area contributed by atoms with Crippen LogP contribution >= 0.6 is 0 Å². The molecule has 1 heterocycles. The van der Waals surface area contributed by atoms with Gasteiger partial charge in [-0.3, -0.25) is 0 Å². The van der Waals surface area contributed by atoms with E-state index >= 15 is 0 Å². The Kier molecular flexibility index (Phi) is 5.90. The number of ether oxygens (including phenoxy) is 3. The van der Waals surface area contributed by atoms with Crippen molar-refractivity contribution in [3.63, 3.8) is 0 Å². The molecule has 1 aliphatic heterocycles. The summed E-state index contributed by atoms with van der Waals surface area (Å²) in [5.74, 6) is 1.47. The monoisotopic (exact) mass is 376 g/mol. The third-order valence-corrected chi connectivity index (χ3v) is 4.84. The van der Waals surface area contributed by atoms with Crippen LogP contribution in [0.1, 0.15) is 29.2 Å². The van der Waals surface area contributed by atoms with E-state index in [2.05, 4.69) is 0 Å². The molecule has 1 unspecified atom stereocenters. The zero-order valence-electron chi connectivity index (χ0n) is 15.7. The maximum atomic E-state index is 10.9. The van der Waals surface area contributed by atoms with E-state index in [1.165, 1.54) is 0 Å². The van der Waals surface area contributed by atoms with Gasteiger partial charge in [0, 0.05) is 12.0 Å². The first-order valence-corrected chi connectivity index (χ1v) is 9.57. The molecule has 3 aromatic carbocycles. The lowest BCUT2D eigenvalue weighted by Crippen LogP contribution is -2.15. The van der Waals surface area contributed by atoms with Crippen molar-refractivity contribution in [1.82, 2.24) is 0 Å². The van der Waals surface area contributed by atoms with Crippen LogP contribution < -0.4 is 9.47 Å². The zero-order chi connectivity index (χ0) is 19.2. The number of benzene rings is 3. The fourth-order valence-corrected chi connectivity index (χ4v) is 3.28. The molecule has 0 aliphatic carbocycles.